The van der Waals surface area contributed by atoms with Crippen molar-refractivity contribution in [1.29, 1.82) is 0 Å². The van der Waals surface area contributed by atoms with Crippen molar-refractivity contribution in [3.8, 4) is 5.75 Å². The number of rotatable bonds is 4. The Bertz CT molecular complexity index is 610. The highest BCUT2D eigenvalue weighted by Gasteiger charge is 2.07. The van der Waals surface area contributed by atoms with Gasteiger partial charge in [0.1, 0.15) is 5.75 Å². The average Bonchev–Trinajstić information content (AvgIpc) is 2.42. The monoisotopic (exact) mass is 268 g/mol. The zero-order valence-electron chi connectivity index (χ0n) is 11.6. The highest BCUT2D eigenvalue weighted by Crippen LogP contribution is 2.14. The Hall–Kier alpha value is -2.42. The van der Waals surface area contributed by atoms with Gasteiger partial charge in [-0.2, -0.15) is 0 Å². The zero-order valence-corrected chi connectivity index (χ0v) is 11.6. The molecule has 0 radical (unpaired) electrons. The van der Waals surface area contributed by atoms with Crippen LogP contribution < -0.4 is 4.74 Å². The Kier molecular flexibility index (Phi) is 4.31. The molecule has 2 rings (SSSR count). The van der Waals surface area contributed by atoms with E-state index in [-0.39, 0.29) is 18.2 Å². The Morgan fingerprint density at radius 3 is 2.10 bits per heavy atom. The van der Waals surface area contributed by atoms with E-state index in [4.69, 9.17) is 4.74 Å². The molecule has 102 valence electrons. The molecular formula is C17H16O3. The molecule has 3 nitrogen and oxygen atoms in total. The van der Waals surface area contributed by atoms with E-state index in [0.717, 1.165) is 11.1 Å². The molecule has 0 saturated heterocycles. The standard InChI is InChI=1S/C17H16O3/c1-12-3-5-14(6-4-12)11-17(19)20-16-9-7-15(8-10-16)13(2)18/h3-10H,11H2,1-2H3. The number of carbonyl (C=O) groups is 2. The summed E-state index contributed by atoms with van der Waals surface area (Å²) in [6.07, 6.45) is 0.231. The summed E-state index contributed by atoms with van der Waals surface area (Å²) in [5.74, 6) is 0.124. The van der Waals surface area contributed by atoms with E-state index in [1.165, 1.54) is 6.92 Å². The summed E-state index contributed by atoms with van der Waals surface area (Å²) in [6.45, 7) is 3.50. The maximum atomic E-state index is 11.8. The number of benzene rings is 2. The number of ketones is 1. The SMILES string of the molecule is CC(=O)c1ccc(OC(=O)Cc2ccc(C)cc2)cc1. The van der Waals surface area contributed by atoms with Gasteiger partial charge in [0.2, 0.25) is 0 Å². The van der Waals surface area contributed by atoms with Crippen LogP contribution in [0.15, 0.2) is 48.5 Å². The summed E-state index contributed by atoms with van der Waals surface area (Å²) in [7, 11) is 0. The van der Waals surface area contributed by atoms with Gasteiger partial charge in [0, 0.05) is 5.56 Å². The maximum Gasteiger partial charge on any atom is 0.315 e. The molecule has 2 aromatic rings. The lowest BCUT2D eigenvalue weighted by Gasteiger charge is -2.05. The molecule has 20 heavy (non-hydrogen) atoms. The van der Waals surface area contributed by atoms with Gasteiger partial charge in [0.25, 0.3) is 0 Å². The fourth-order valence-corrected chi connectivity index (χ4v) is 1.80. The fourth-order valence-electron chi connectivity index (χ4n) is 1.80. The van der Waals surface area contributed by atoms with Gasteiger partial charge in [0.05, 0.1) is 6.42 Å². The molecule has 0 N–H and O–H groups in total. The van der Waals surface area contributed by atoms with Crippen molar-refractivity contribution < 1.29 is 14.3 Å². The molecule has 0 aliphatic heterocycles. The molecule has 2 aromatic carbocycles. The van der Waals surface area contributed by atoms with Gasteiger partial charge < -0.3 is 4.74 Å². The van der Waals surface area contributed by atoms with E-state index in [0.29, 0.717) is 11.3 Å². The fraction of sp³-hybridized carbons (Fsp3) is 0.176. The average molecular weight is 268 g/mol. The third-order valence-corrected chi connectivity index (χ3v) is 2.96. The molecule has 0 spiro atoms. The summed E-state index contributed by atoms with van der Waals surface area (Å²) in [4.78, 5) is 22.9. The van der Waals surface area contributed by atoms with Gasteiger partial charge in [0.15, 0.2) is 5.78 Å². The molecule has 0 bridgehead atoms. The first-order chi connectivity index (χ1) is 9.54. The lowest BCUT2D eigenvalue weighted by molar-refractivity contribution is -0.133. The van der Waals surface area contributed by atoms with Crippen LogP contribution in [-0.2, 0) is 11.2 Å². The first kappa shape index (κ1) is 14.0. The van der Waals surface area contributed by atoms with Gasteiger partial charge in [-0.05, 0) is 43.7 Å². The summed E-state index contributed by atoms with van der Waals surface area (Å²) in [5, 5.41) is 0. The highest BCUT2D eigenvalue weighted by atomic mass is 16.5. The number of carbonyl (C=O) groups excluding carboxylic acids is 2. The molecule has 0 aliphatic carbocycles. The van der Waals surface area contributed by atoms with E-state index in [1.807, 2.05) is 31.2 Å². The van der Waals surface area contributed by atoms with Gasteiger partial charge in [-0.1, -0.05) is 29.8 Å². The van der Waals surface area contributed by atoms with Gasteiger partial charge in [-0.25, -0.2) is 0 Å². The Balaban J connectivity index is 1.97. The summed E-state index contributed by atoms with van der Waals surface area (Å²) < 4.78 is 5.23. The van der Waals surface area contributed by atoms with Crippen molar-refractivity contribution in [3.05, 3.63) is 65.2 Å². The van der Waals surface area contributed by atoms with E-state index in [9.17, 15) is 9.59 Å². The van der Waals surface area contributed by atoms with Crippen LogP contribution in [0.5, 0.6) is 5.75 Å². The second-order valence-electron chi connectivity index (χ2n) is 4.72. The second kappa shape index (κ2) is 6.15. The minimum absolute atomic E-state index is 0.0115. The smallest absolute Gasteiger partial charge is 0.315 e. The minimum atomic E-state index is -0.315. The van der Waals surface area contributed by atoms with E-state index in [2.05, 4.69) is 0 Å². The van der Waals surface area contributed by atoms with Crippen molar-refractivity contribution in [1.82, 2.24) is 0 Å². The number of esters is 1. The molecular weight excluding hydrogens is 252 g/mol. The van der Waals surface area contributed by atoms with Gasteiger partial charge in [-0.3, -0.25) is 9.59 Å². The van der Waals surface area contributed by atoms with Crippen LogP contribution in [0.2, 0.25) is 0 Å². The lowest BCUT2D eigenvalue weighted by atomic mass is 10.1. The Morgan fingerprint density at radius 2 is 1.55 bits per heavy atom. The Morgan fingerprint density at radius 1 is 0.950 bits per heavy atom. The van der Waals surface area contributed by atoms with Crippen molar-refractivity contribution in [2.75, 3.05) is 0 Å². The number of Topliss-reactive ketones (excluding diaryl/α,β-unsaturated/α-hetero) is 1. The normalized spacial score (nSPS) is 10.1. The maximum absolute atomic E-state index is 11.8. The van der Waals surface area contributed by atoms with Crippen LogP contribution in [0, 0.1) is 6.92 Å². The molecule has 0 fully saturated rings. The predicted molar refractivity (Wildman–Crippen MR) is 77.0 cm³/mol. The van der Waals surface area contributed by atoms with Crippen molar-refractivity contribution >= 4 is 11.8 Å². The molecule has 0 unspecified atom stereocenters. The minimum Gasteiger partial charge on any atom is -0.426 e. The number of hydrogen-bond donors (Lipinski definition) is 0. The first-order valence-corrected chi connectivity index (χ1v) is 6.42. The summed E-state index contributed by atoms with van der Waals surface area (Å²) >= 11 is 0. The molecule has 0 heterocycles. The number of ether oxygens (including phenoxy) is 1. The topological polar surface area (TPSA) is 43.4 Å². The summed E-state index contributed by atoms with van der Waals surface area (Å²) in [5.41, 5.74) is 2.67. The lowest BCUT2D eigenvalue weighted by Crippen LogP contribution is -2.11. The van der Waals surface area contributed by atoms with E-state index < -0.39 is 0 Å². The summed E-state index contributed by atoms with van der Waals surface area (Å²) in [6, 6.07) is 14.3. The quantitative estimate of drug-likeness (QED) is 0.485. The van der Waals surface area contributed by atoms with Crippen molar-refractivity contribution in [2.24, 2.45) is 0 Å². The third-order valence-electron chi connectivity index (χ3n) is 2.96. The third kappa shape index (κ3) is 3.79. The van der Waals surface area contributed by atoms with E-state index in [1.54, 1.807) is 24.3 Å². The molecule has 3 heteroatoms. The number of aryl methyl sites for hydroxylation is 1. The van der Waals surface area contributed by atoms with Gasteiger partial charge in [-0.15, -0.1) is 0 Å². The predicted octanol–water partition coefficient (Wildman–Crippen LogP) is 3.35. The molecule has 0 atom stereocenters. The van der Waals surface area contributed by atoms with Crippen LogP contribution in [-0.4, -0.2) is 11.8 Å². The van der Waals surface area contributed by atoms with E-state index >= 15 is 0 Å². The second-order valence-corrected chi connectivity index (χ2v) is 4.72. The Labute approximate surface area is 118 Å². The number of hydrogen-bond acceptors (Lipinski definition) is 3. The van der Waals surface area contributed by atoms with Crippen LogP contribution in [0.4, 0.5) is 0 Å². The van der Waals surface area contributed by atoms with Crippen LogP contribution in [0.3, 0.4) is 0 Å². The van der Waals surface area contributed by atoms with Gasteiger partial charge >= 0.3 is 5.97 Å². The van der Waals surface area contributed by atoms with Crippen molar-refractivity contribution in [2.45, 2.75) is 20.3 Å². The van der Waals surface area contributed by atoms with Crippen LogP contribution in [0.25, 0.3) is 0 Å². The molecule has 0 aliphatic rings. The first-order valence-electron chi connectivity index (χ1n) is 6.42. The molecule has 0 aromatic heterocycles. The zero-order chi connectivity index (χ0) is 14.5. The van der Waals surface area contributed by atoms with Crippen molar-refractivity contribution in [3.63, 3.8) is 0 Å². The highest BCUT2D eigenvalue weighted by molar-refractivity contribution is 5.94. The van der Waals surface area contributed by atoms with Crippen LogP contribution in [0.1, 0.15) is 28.4 Å². The molecule has 0 saturated carbocycles. The largest absolute Gasteiger partial charge is 0.426 e. The van der Waals surface area contributed by atoms with Crippen LogP contribution >= 0.6 is 0 Å². The molecule has 0 amide bonds.